The fraction of sp³-hybridized carbons (Fsp3) is 0.533. The van der Waals surface area contributed by atoms with Crippen molar-refractivity contribution in [3.8, 4) is 0 Å². The Hall–Kier alpha value is -2.80. The summed E-state index contributed by atoms with van der Waals surface area (Å²) in [7, 11) is 0. The highest BCUT2D eigenvalue weighted by molar-refractivity contribution is 5.77. The summed E-state index contributed by atoms with van der Waals surface area (Å²) < 4.78 is 27.4. The Morgan fingerprint density at radius 1 is 0.892 bits per heavy atom. The van der Waals surface area contributed by atoms with Crippen LogP contribution < -0.4 is 0 Å². The molecule has 0 saturated carbocycles. The minimum atomic E-state index is -0.285. The number of hydrogen-bond donors (Lipinski definition) is 0. The second-order valence-electron chi connectivity index (χ2n) is 10.5. The lowest BCUT2D eigenvalue weighted by molar-refractivity contribution is -0.138. The van der Waals surface area contributed by atoms with Crippen LogP contribution in [0.2, 0.25) is 0 Å². The topological polar surface area (TPSA) is 43.9 Å². The van der Waals surface area contributed by atoms with Crippen molar-refractivity contribution in [1.29, 1.82) is 0 Å². The Morgan fingerprint density at radius 3 is 1.97 bits per heavy atom. The van der Waals surface area contributed by atoms with Gasteiger partial charge in [-0.05, 0) is 60.6 Å². The molecule has 0 radical (unpaired) electrons. The van der Waals surface area contributed by atoms with E-state index in [4.69, 9.17) is 0 Å². The summed E-state index contributed by atoms with van der Waals surface area (Å²) in [5.41, 5.74) is 1.92. The molecule has 5 nitrogen and oxygen atoms in total. The molecular weight excluding hydrogens is 472 g/mol. The number of benzene rings is 2. The molecule has 2 heterocycles. The van der Waals surface area contributed by atoms with Gasteiger partial charge in [0, 0.05) is 52.1 Å². The molecule has 2 aliphatic heterocycles. The van der Waals surface area contributed by atoms with Crippen LogP contribution in [-0.4, -0.2) is 65.3 Å². The molecule has 0 bridgehead atoms. The van der Waals surface area contributed by atoms with Crippen molar-refractivity contribution in [2.45, 2.75) is 64.5 Å². The molecule has 200 valence electrons. The van der Waals surface area contributed by atoms with Crippen LogP contribution in [0, 0.1) is 17.6 Å². The van der Waals surface area contributed by atoms with E-state index in [1.165, 1.54) is 24.3 Å². The first kappa shape index (κ1) is 27.2. The predicted octanol–water partition coefficient (Wildman–Crippen LogP) is 5.41. The summed E-state index contributed by atoms with van der Waals surface area (Å²) >= 11 is 0. The Morgan fingerprint density at radius 2 is 1.46 bits per heavy atom. The van der Waals surface area contributed by atoms with Crippen LogP contribution in [0.3, 0.4) is 0 Å². The average Bonchev–Trinajstić information content (AvgIpc) is 2.90. The van der Waals surface area contributed by atoms with Gasteiger partial charge in [0.15, 0.2) is 0 Å². The number of likely N-dealkylation sites (tertiary alicyclic amines) is 1. The summed E-state index contributed by atoms with van der Waals surface area (Å²) in [5.74, 6) is 0.0672. The Kier molecular flexibility index (Phi) is 9.30. The van der Waals surface area contributed by atoms with Gasteiger partial charge >= 0.3 is 0 Å². The molecule has 7 heteroatoms. The Labute approximate surface area is 219 Å². The largest absolute Gasteiger partial charge is 0.343 e. The first-order chi connectivity index (χ1) is 17.9. The number of piperazine rings is 1. The second kappa shape index (κ2) is 12.6. The first-order valence-electron chi connectivity index (χ1n) is 13.7. The smallest absolute Gasteiger partial charge is 0.223 e. The van der Waals surface area contributed by atoms with Crippen LogP contribution in [0.25, 0.3) is 0 Å². The van der Waals surface area contributed by atoms with Crippen molar-refractivity contribution in [1.82, 2.24) is 14.7 Å². The maximum absolute atomic E-state index is 13.7. The molecule has 2 fully saturated rings. The standard InChI is InChI=1S/C30H39F2N3O2/c1-3-4-5-28-21-34(18-19-35(28)29(37)20-23-14-16-33(17-15-23)22(2)36)30(24-6-10-26(31)11-7-24)25-8-12-27(32)13-9-25/h6-13,23,28,30H,3-5,14-21H2,1-2H3/t28-/m0/s1. The minimum absolute atomic E-state index is 0.0990. The lowest BCUT2D eigenvalue weighted by atomic mass is 9.91. The molecule has 0 unspecified atom stereocenters. The molecule has 2 aromatic carbocycles. The fourth-order valence-corrected chi connectivity index (χ4v) is 5.85. The van der Waals surface area contributed by atoms with Crippen LogP contribution in [0.4, 0.5) is 8.78 Å². The zero-order valence-electron chi connectivity index (χ0n) is 22.0. The molecule has 0 spiro atoms. The SMILES string of the molecule is CCCC[C@H]1CN(C(c2ccc(F)cc2)c2ccc(F)cc2)CCN1C(=O)CC1CCN(C(C)=O)CC1. The van der Waals surface area contributed by atoms with Gasteiger partial charge in [-0.2, -0.15) is 0 Å². The molecule has 0 aliphatic carbocycles. The van der Waals surface area contributed by atoms with Gasteiger partial charge in [-0.3, -0.25) is 14.5 Å². The summed E-state index contributed by atoms with van der Waals surface area (Å²) in [6, 6.07) is 13.0. The summed E-state index contributed by atoms with van der Waals surface area (Å²) in [4.78, 5) is 31.4. The van der Waals surface area contributed by atoms with Gasteiger partial charge in [-0.25, -0.2) is 8.78 Å². The third kappa shape index (κ3) is 6.95. The molecule has 2 amide bonds. The highest BCUT2D eigenvalue weighted by Crippen LogP contribution is 2.33. The van der Waals surface area contributed by atoms with Crippen LogP contribution in [0.1, 0.15) is 69.5 Å². The Balaban J connectivity index is 1.49. The number of carbonyl (C=O) groups excluding carboxylic acids is 2. The number of halogens is 2. The number of hydrogen-bond acceptors (Lipinski definition) is 3. The van der Waals surface area contributed by atoms with E-state index in [0.717, 1.165) is 56.3 Å². The van der Waals surface area contributed by atoms with Gasteiger partial charge in [-0.1, -0.05) is 44.0 Å². The molecule has 0 aromatic heterocycles. The van der Waals surface area contributed by atoms with Crippen molar-refractivity contribution < 1.29 is 18.4 Å². The van der Waals surface area contributed by atoms with E-state index in [9.17, 15) is 18.4 Å². The molecule has 2 aliphatic rings. The third-order valence-electron chi connectivity index (χ3n) is 7.99. The van der Waals surface area contributed by atoms with Gasteiger partial charge in [0.1, 0.15) is 11.6 Å². The molecule has 2 saturated heterocycles. The maximum Gasteiger partial charge on any atom is 0.223 e. The van der Waals surface area contributed by atoms with Crippen molar-refractivity contribution in [2.24, 2.45) is 5.92 Å². The fourth-order valence-electron chi connectivity index (χ4n) is 5.85. The highest BCUT2D eigenvalue weighted by atomic mass is 19.1. The van der Waals surface area contributed by atoms with E-state index < -0.39 is 0 Å². The quantitative estimate of drug-likeness (QED) is 0.476. The third-order valence-corrected chi connectivity index (χ3v) is 7.99. The number of unbranched alkanes of at least 4 members (excludes halogenated alkanes) is 1. The van der Waals surface area contributed by atoms with Crippen LogP contribution >= 0.6 is 0 Å². The van der Waals surface area contributed by atoms with Gasteiger partial charge in [0.05, 0.1) is 6.04 Å². The van der Waals surface area contributed by atoms with Crippen molar-refractivity contribution in [2.75, 3.05) is 32.7 Å². The van der Waals surface area contributed by atoms with Crippen molar-refractivity contribution >= 4 is 11.8 Å². The van der Waals surface area contributed by atoms with Gasteiger partial charge in [0.25, 0.3) is 0 Å². The summed E-state index contributed by atoms with van der Waals surface area (Å²) in [5, 5.41) is 0. The van der Waals surface area contributed by atoms with Gasteiger partial charge in [0.2, 0.25) is 11.8 Å². The lowest BCUT2D eigenvalue weighted by Crippen LogP contribution is -2.56. The normalized spacial score (nSPS) is 19.4. The summed E-state index contributed by atoms with van der Waals surface area (Å²) in [6.07, 6.45) is 5.32. The van der Waals surface area contributed by atoms with Gasteiger partial charge in [-0.15, -0.1) is 0 Å². The van der Waals surface area contributed by atoms with E-state index in [2.05, 4.69) is 16.7 Å². The molecule has 1 atom stereocenters. The number of amides is 2. The van der Waals surface area contributed by atoms with Crippen LogP contribution in [0.15, 0.2) is 48.5 Å². The Bertz CT molecular complexity index is 990. The maximum atomic E-state index is 13.7. The van der Waals surface area contributed by atoms with Gasteiger partial charge < -0.3 is 9.80 Å². The average molecular weight is 512 g/mol. The van der Waals surface area contributed by atoms with Crippen molar-refractivity contribution in [3.63, 3.8) is 0 Å². The van der Waals surface area contributed by atoms with E-state index in [-0.39, 0.29) is 35.5 Å². The second-order valence-corrected chi connectivity index (χ2v) is 10.5. The zero-order chi connectivity index (χ0) is 26.4. The van der Waals surface area contributed by atoms with Crippen molar-refractivity contribution in [3.05, 3.63) is 71.3 Å². The molecular formula is C30H39F2N3O2. The molecule has 4 rings (SSSR count). The number of rotatable bonds is 8. The zero-order valence-corrected chi connectivity index (χ0v) is 22.0. The number of carbonyl (C=O) groups is 2. The molecule has 2 aromatic rings. The first-order valence-corrected chi connectivity index (χ1v) is 13.7. The van der Waals surface area contributed by atoms with Crippen LogP contribution in [0.5, 0.6) is 0 Å². The van der Waals surface area contributed by atoms with E-state index in [0.29, 0.717) is 32.0 Å². The lowest BCUT2D eigenvalue weighted by Gasteiger charge is -2.45. The van der Waals surface area contributed by atoms with Crippen LogP contribution in [-0.2, 0) is 9.59 Å². The minimum Gasteiger partial charge on any atom is -0.343 e. The molecule has 37 heavy (non-hydrogen) atoms. The van der Waals surface area contributed by atoms with E-state index >= 15 is 0 Å². The molecule has 0 N–H and O–H groups in total. The van der Waals surface area contributed by atoms with E-state index in [1.54, 1.807) is 31.2 Å². The van der Waals surface area contributed by atoms with E-state index in [1.807, 2.05) is 4.90 Å². The summed E-state index contributed by atoms with van der Waals surface area (Å²) in [6.45, 7) is 7.28. The number of piperidine rings is 1. The predicted molar refractivity (Wildman–Crippen MR) is 141 cm³/mol. The number of nitrogens with zero attached hydrogens (tertiary/aromatic N) is 3. The highest BCUT2D eigenvalue weighted by Gasteiger charge is 2.35. The monoisotopic (exact) mass is 511 g/mol.